The first-order chi connectivity index (χ1) is 9.47. The molecule has 104 valence electrons. The lowest BCUT2D eigenvalue weighted by molar-refractivity contribution is 0.368. The smallest absolute Gasteiger partial charge is 0.0543 e. The standard InChI is InChI=1S/C19H23N/c1-7-19-18(12-14(4)20(19)6)15(5)17-11-9-8-10-16(17)13(2)3/h8-12,19H,2,4-5,7H2,1,3,6H3. The van der Waals surface area contributed by atoms with Gasteiger partial charge in [-0.15, -0.1) is 0 Å². The quantitative estimate of drug-likeness (QED) is 0.748. The fourth-order valence-corrected chi connectivity index (χ4v) is 2.84. The van der Waals surface area contributed by atoms with Crippen LogP contribution in [0.2, 0.25) is 0 Å². The summed E-state index contributed by atoms with van der Waals surface area (Å²) >= 11 is 0. The fraction of sp³-hybridized carbons (Fsp3) is 0.263. The lowest BCUT2D eigenvalue weighted by Gasteiger charge is -2.25. The molecule has 0 spiro atoms. The number of hydrogen-bond donors (Lipinski definition) is 0. The molecule has 2 rings (SSSR count). The lowest BCUT2D eigenvalue weighted by Crippen LogP contribution is -2.26. The average molecular weight is 265 g/mol. The second-order valence-electron chi connectivity index (χ2n) is 5.43. The molecule has 1 heterocycles. The van der Waals surface area contributed by atoms with Gasteiger partial charge in [-0.25, -0.2) is 0 Å². The van der Waals surface area contributed by atoms with E-state index in [0.29, 0.717) is 6.04 Å². The maximum absolute atomic E-state index is 4.34. The van der Waals surface area contributed by atoms with Crippen molar-refractivity contribution in [2.75, 3.05) is 7.05 Å². The molecule has 1 aliphatic heterocycles. The Balaban J connectivity index is 2.45. The Morgan fingerprint density at radius 2 is 1.80 bits per heavy atom. The van der Waals surface area contributed by atoms with Gasteiger partial charge in [0.05, 0.1) is 6.04 Å². The van der Waals surface area contributed by atoms with Crippen LogP contribution in [0, 0.1) is 0 Å². The molecule has 0 aromatic heterocycles. The topological polar surface area (TPSA) is 3.24 Å². The number of likely N-dealkylation sites (N-methyl/N-ethyl adjacent to an activating group) is 1. The normalized spacial score (nSPS) is 18.1. The fourth-order valence-electron chi connectivity index (χ4n) is 2.84. The van der Waals surface area contributed by atoms with E-state index < -0.39 is 0 Å². The zero-order valence-corrected chi connectivity index (χ0v) is 12.7. The summed E-state index contributed by atoms with van der Waals surface area (Å²) in [6.07, 6.45) is 3.21. The molecule has 1 nitrogen and oxygen atoms in total. The van der Waals surface area contributed by atoms with Crippen LogP contribution in [0.15, 0.2) is 61.3 Å². The van der Waals surface area contributed by atoms with Gasteiger partial charge in [-0.05, 0) is 41.7 Å². The summed E-state index contributed by atoms with van der Waals surface area (Å²) in [5.74, 6) is 0. The van der Waals surface area contributed by atoms with E-state index >= 15 is 0 Å². The summed E-state index contributed by atoms with van der Waals surface area (Å²) in [6, 6.07) is 8.71. The van der Waals surface area contributed by atoms with Gasteiger partial charge in [0, 0.05) is 12.7 Å². The van der Waals surface area contributed by atoms with Gasteiger partial charge in [0.1, 0.15) is 0 Å². The molecule has 0 amide bonds. The number of hydrogen-bond acceptors (Lipinski definition) is 1. The highest BCUT2D eigenvalue weighted by Crippen LogP contribution is 2.37. The third-order valence-electron chi connectivity index (χ3n) is 4.05. The van der Waals surface area contributed by atoms with Gasteiger partial charge in [-0.1, -0.05) is 56.5 Å². The zero-order chi connectivity index (χ0) is 14.9. The Bertz CT molecular complexity index is 604. The third-order valence-corrected chi connectivity index (χ3v) is 4.05. The van der Waals surface area contributed by atoms with Crippen LogP contribution in [0.3, 0.4) is 0 Å². The van der Waals surface area contributed by atoms with E-state index in [9.17, 15) is 0 Å². The van der Waals surface area contributed by atoms with Crippen LogP contribution in [0.25, 0.3) is 11.1 Å². The third kappa shape index (κ3) is 2.36. The molecule has 1 atom stereocenters. The van der Waals surface area contributed by atoms with Crippen molar-refractivity contribution >= 4 is 11.1 Å². The predicted octanol–water partition coefficient (Wildman–Crippen LogP) is 4.90. The van der Waals surface area contributed by atoms with Crippen LogP contribution < -0.4 is 0 Å². The summed E-state index contributed by atoms with van der Waals surface area (Å²) in [5, 5.41) is 0. The summed E-state index contributed by atoms with van der Waals surface area (Å²) in [4.78, 5) is 2.23. The number of rotatable bonds is 4. The van der Waals surface area contributed by atoms with E-state index in [0.717, 1.165) is 23.3 Å². The van der Waals surface area contributed by atoms with Crippen molar-refractivity contribution in [3.05, 3.63) is 72.5 Å². The van der Waals surface area contributed by atoms with Gasteiger partial charge >= 0.3 is 0 Å². The molecule has 0 N–H and O–H groups in total. The molecule has 1 aromatic rings. The van der Waals surface area contributed by atoms with Gasteiger partial charge in [0.2, 0.25) is 0 Å². The molecular weight excluding hydrogens is 242 g/mol. The predicted molar refractivity (Wildman–Crippen MR) is 89.2 cm³/mol. The molecule has 1 unspecified atom stereocenters. The van der Waals surface area contributed by atoms with Crippen LogP contribution in [0.1, 0.15) is 31.4 Å². The van der Waals surface area contributed by atoms with Crippen molar-refractivity contribution in [3.63, 3.8) is 0 Å². The molecular formula is C19H23N. The van der Waals surface area contributed by atoms with Gasteiger partial charge in [-0.2, -0.15) is 0 Å². The van der Waals surface area contributed by atoms with Crippen molar-refractivity contribution in [1.29, 1.82) is 0 Å². The lowest BCUT2D eigenvalue weighted by atomic mass is 9.89. The van der Waals surface area contributed by atoms with E-state index in [1.165, 1.54) is 16.7 Å². The maximum atomic E-state index is 4.34. The first kappa shape index (κ1) is 14.4. The minimum Gasteiger partial charge on any atom is -0.368 e. The van der Waals surface area contributed by atoms with Gasteiger partial charge in [-0.3, -0.25) is 0 Å². The Kier molecular flexibility index (Phi) is 3.99. The maximum Gasteiger partial charge on any atom is 0.0543 e. The van der Waals surface area contributed by atoms with Crippen molar-refractivity contribution in [1.82, 2.24) is 4.90 Å². The molecule has 0 saturated heterocycles. The van der Waals surface area contributed by atoms with Crippen molar-refractivity contribution in [3.8, 4) is 0 Å². The van der Waals surface area contributed by atoms with Gasteiger partial charge in [0.25, 0.3) is 0 Å². The molecule has 20 heavy (non-hydrogen) atoms. The van der Waals surface area contributed by atoms with Crippen LogP contribution in [0.5, 0.6) is 0 Å². The van der Waals surface area contributed by atoms with Crippen LogP contribution in [-0.2, 0) is 0 Å². The van der Waals surface area contributed by atoms with Gasteiger partial charge in [0.15, 0.2) is 0 Å². The van der Waals surface area contributed by atoms with E-state index in [4.69, 9.17) is 0 Å². The molecule has 1 heteroatoms. The van der Waals surface area contributed by atoms with E-state index in [1.807, 2.05) is 13.0 Å². The van der Waals surface area contributed by atoms with Crippen molar-refractivity contribution in [2.45, 2.75) is 26.3 Å². The second-order valence-corrected chi connectivity index (χ2v) is 5.43. The SMILES string of the molecule is C=C(C)c1ccccc1C(=C)C1=CC(=C)N(C)C1CC. The molecule has 0 fully saturated rings. The largest absolute Gasteiger partial charge is 0.368 e. The Morgan fingerprint density at radius 3 is 2.35 bits per heavy atom. The number of nitrogens with zero attached hydrogens (tertiary/aromatic N) is 1. The number of benzene rings is 1. The molecule has 0 bridgehead atoms. The molecule has 0 saturated carbocycles. The van der Waals surface area contributed by atoms with Crippen LogP contribution in [0.4, 0.5) is 0 Å². The highest BCUT2D eigenvalue weighted by atomic mass is 15.2. The highest BCUT2D eigenvalue weighted by molar-refractivity contribution is 5.86. The molecule has 0 radical (unpaired) electrons. The zero-order valence-electron chi connectivity index (χ0n) is 12.7. The Morgan fingerprint density at radius 1 is 1.20 bits per heavy atom. The first-order valence-electron chi connectivity index (χ1n) is 7.05. The van der Waals surface area contributed by atoms with E-state index in [-0.39, 0.29) is 0 Å². The van der Waals surface area contributed by atoms with Crippen molar-refractivity contribution < 1.29 is 0 Å². The summed E-state index contributed by atoms with van der Waals surface area (Å²) < 4.78 is 0. The number of allylic oxidation sites excluding steroid dienone is 2. The summed E-state index contributed by atoms with van der Waals surface area (Å²) in [6.45, 7) is 16.8. The van der Waals surface area contributed by atoms with Gasteiger partial charge < -0.3 is 4.90 Å². The Labute approximate surface area is 122 Å². The molecule has 1 aromatic carbocycles. The average Bonchev–Trinajstić information content (AvgIpc) is 2.73. The van der Waals surface area contributed by atoms with Crippen molar-refractivity contribution in [2.24, 2.45) is 0 Å². The highest BCUT2D eigenvalue weighted by Gasteiger charge is 2.27. The van der Waals surface area contributed by atoms with E-state index in [2.05, 4.69) is 62.9 Å². The minimum atomic E-state index is 0.369. The minimum absolute atomic E-state index is 0.369. The summed E-state index contributed by atoms with van der Waals surface area (Å²) in [7, 11) is 2.10. The van der Waals surface area contributed by atoms with Crippen LogP contribution in [-0.4, -0.2) is 18.0 Å². The summed E-state index contributed by atoms with van der Waals surface area (Å²) in [5.41, 5.74) is 6.83. The molecule has 1 aliphatic rings. The monoisotopic (exact) mass is 265 g/mol. The van der Waals surface area contributed by atoms with Crippen LogP contribution >= 0.6 is 0 Å². The molecule has 0 aliphatic carbocycles. The first-order valence-corrected chi connectivity index (χ1v) is 7.05. The second kappa shape index (κ2) is 5.54. The Hall–Kier alpha value is -2.02. The van der Waals surface area contributed by atoms with E-state index in [1.54, 1.807) is 0 Å².